The molecular weight excluding hydrogens is 381 g/mol. The molecule has 0 saturated carbocycles. The van der Waals surface area contributed by atoms with Gasteiger partial charge in [-0.05, 0) is 35.4 Å². The molecule has 2 heterocycles. The molecule has 1 fully saturated rings. The Bertz CT molecular complexity index is 488. The van der Waals surface area contributed by atoms with Crippen molar-refractivity contribution >= 4 is 28.4 Å². The van der Waals surface area contributed by atoms with Crippen LogP contribution in [0.3, 0.4) is 0 Å². The number of aromatic nitrogens is 2. The number of nitrogens with zero attached hydrogens (tertiary/aromatic N) is 2. The lowest BCUT2D eigenvalue weighted by molar-refractivity contribution is -0.100. The Hall–Kier alpha value is -0.470. The predicted molar refractivity (Wildman–Crippen MR) is 91.7 cm³/mol. The molecule has 0 unspecified atom stereocenters. The molecular formula is C15H24IN3O2. The number of rotatable bonds is 5. The van der Waals surface area contributed by atoms with Gasteiger partial charge in [-0.15, -0.1) is 0 Å². The summed E-state index contributed by atoms with van der Waals surface area (Å²) in [6.45, 7) is 8.62. The van der Waals surface area contributed by atoms with Crippen molar-refractivity contribution in [2.24, 2.45) is 0 Å². The Balaban J connectivity index is 2.51. The van der Waals surface area contributed by atoms with Crippen LogP contribution in [0.15, 0.2) is 0 Å². The zero-order valence-electron chi connectivity index (χ0n) is 13.2. The highest BCUT2D eigenvalue weighted by Crippen LogP contribution is 2.36. The molecule has 0 radical (unpaired) electrons. The molecule has 1 aliphatic rings. The summed E-state index contributed by atoms with van der Waals surface area (Å²) in [6, 6.07) is 0. The minimum atomic E-state index is -0.420. The molecule has 2 rings (SSSR count). The summed E-state index contributed by atoms with van der Waals surface area (Å²) in [4.78, 5) is 9.60. The van der Waals surface area contributed by atoms with Crippen LogP contribution < -0.4 is 5.32 Å². The fourth-order valence-electron chi connectivity index (χ4n) is 2.56. The Labute approximate surface area is 140 Å². The van der Waals surface area contributed by atoms with Crippen LogP contribution in [0, 0.1) is 3.57 Å². The standard InChI is InChI=1S/C15H24IN3O2/c1-5-17-13-11(16)12(10(2)3)18-14(19-13)15(20-4)6-8-21-9-7-15/h10H,5-9H2,1-4H3,(H,17,18,19). The van der Waals surface area contributed by atoms with Gasteiger partial charge in [-0.1, -0.05) is 13.8 Å². The number of halogens is 1. The fourth-order valence-corrected chi connectivity index (χ4v) is 3.61. The van der Waals surface area contributed by atoms with Crippen molar-refractivity contribution in [3.05, 3.63) is 15.1 Å². The maximum absolute atomic E-state index is 5.84. The summed E-state index contributed by atoms with van der Waals surface area (Å²) in [7, 11) is 1.74. The lowest BCUT2D eigenvalue weighted by atomic mass is 9.92. The molecule has 1 N–H and O–H groups in total. The maximum atomic E-state index is 5.84. The van der Waals surface area contributed by atoms with E-state index in [9.17, 15) is 0 Å². The van der Waals surface area contributed by atoms with Crippen molar-refractivity contribution in [1.29, 1.82) is 0 Å². The number of hydrogen-bond donors (Lipinski definition) is 1. The molecule has 0 aromatic carbocycles. The maximum Gasteiger partial charge on any atom is 0.163 e. The van der Waals surface area contributed by atoms with Crippen LogP contribution in [0.2, 0.25) is 0 Å². The number of ether oxygens (including phenoxy) is 2. The van der Waals surface area contributed by atoms with Gasteiger partial charge in [0.1, 0.15) is 11.4 Å². The lowest BCUT2D eigenvalue weighted by Crippen LogP contribution is -2.38. The zero-order chi connectivity index (χ0) is 15.5. The first kappa shape index (κ1) is 16.9. The molecule has 6 heteroatoms. The highest BCUT2D eigenvalue weighted by molar-refractivity contribution is 14.1. The van der Waals surface area contributed by atoms with Crippen LogP contribution in [0.1, 0.15) is 51.0 Å². The lowest BCUT2D eigenvalue weighted by Gasteiger charge is -2.35. The molecule has 0 amide bonds. The summed E-state index contributed by atoms with van der Waals surface area (Å²) in [6.07, 6.45) is 1.60. The van der Waals surface area contributed by atoms with Gasteiger partial charge in [0.15, 0.2) is 5.82 Å². The van der Waals surface area contributed by atoms with Gasteiger partial charge < -0.3 is 14.8 Å². The summed E-state index contributed by atoms with van der Waals surface area (Å²) in [5.41, 5.74) is 0.663. The monoisotopic (exact) mass is 405 g/mol. The molecule has 0 atom stereocenters. The summed E-state index contributed by atoms with van der Waals surface area (Å²) >= 11 is 2.33. The van der Waals surface area contributed by atoms with E-state index in [-0.39, 0.29) is 0 Å². The first-order chi connectivity index (χ1) is 10.0. The van der Waals surface area contributed by atoms with Gasteiger partial charge in [0.25, 0.3) is 0 Å². The van der Waals surface area contributed by atoms with Gasteiger partial charge in [0.2, 0.25) is 0 Å². The van der Waals surface area contributed by atoms with Gasteiger partial charge in [-0.25, -0.2) is 9.97 Å². The van der Waals surface area contributed by atoms with E-state index in [2.05, 4.69) is 48.7 Å². The predicted octanol–water partition coefficient (Wildman–Crippen LogP) is 3.29. The zero-order valence-corrected chi connectivity index (χ0v) is 15.4. The topological polar surface area (TPSA) is 56.3 Å². The second-order valence-electron chi connectivity index (χ2n) is 5.59. The Morgan fingerprint density at radius 3 is 2.52 bits per heavy atom. The highest BCUT2D eigenvalue weighted by Gasteiger charge is 2.38. The third kappa shape index (κ3) is 3.48. The molecule has 1 aliphatic heterocycles. The van der Waals surface area contributed by atoms with E-state index in [1.54, 1.807) is 7.11 Å². The van der Waals surface area contributed by atoms with Crippen LogP contribution in [0.5, 0.6) is 0 Å². The van der Waals surface area contributed by atoms with Gasteiger partial charge in [0, 0.05) is 39.7 Å². The van der Waals surface area contributed by atoms with Crippen LogP contribution >= 0.6 is 22.6 Å². The quantitative estimate of drug-likeness (QED) is 0.763. The summed E-state index contributed by atoms with van der Waals surface area (Å²) < 4.78 is 12.4. The minimum Gasteiger partial charge on any atom is -0.381 e. The molecule has 0 bridgehead atoms. The number of anilines is 1. The van der Waals surface area contributed by atoms with E-state index in [4.69, 9.17) is 19.4 Å². The van der Waals surface area contributed by atoms with Crippen molar-refractivity contribution < 1.29 is 9.47 Å². The van der Waals surface area contributed by atoms with E-state index >= 15 is 0 Å². The van der Waals surface area contributed by atoms with Crippen LogP contribution in [0.25, 0.3) is 0 Å². The fraction of sp³-hybridized carbons (Fsp3) is 0.733. The van der Waals surface area contributed by atoms with Crippen molar-refractivity contribution in [1.82, 2.24) is 9.97 Å². The minimum absolute atomic E-state index is 0.352. The second kappa shape index (κ2) is 7.19. The van der Waals surface area contributed by atoms with E-state index in [1.165, 1.54) is 0 Å². The Morgan fingerprint density at radius 2 is 2.00 bits per heavy atom. The molecule has 1 aromatic rings. The van der Waals surface area contributed by atoms with E-state index < -0.39 is 5.60 Å². The largest absolute Gasteiger partial charge is 0.381 e. The number of nitrogens with one attached hydrogen (secondary N) is 1. The smallest absolute Gasteiger partial charge is 0.163 e. The van der Waals surface area contributed by atoms with Gasteiger partial charge in [-0.3, -0.25) is 0 Å². The van der Waals surface area contributed by atoms with Crippen LogP contribution in [0.4, 0.5) is 5.82 Å². The average molecular weight is 405 g/mol. The summed E-state index contributed by atoms with van der Waals surface area (Å²) in [5.74, 6) is 2.05. The first-order valence-corrected chi connectivity index (χ1v) is 8.56. The Kier molecular flexibility index (Phi) is 5.79. The normalized spacial score (nSPS) is 18.0. The molecule has 21 heavy (non-hydrogen) atoms. The number of hydrogen-bond acceptors (Lipinski definition) is 5. The third-order valence-electron chi connectivity index (χ3n) is 3.87. The number of methoxy groups -OCH3 is 1. The van der Waals surface area contributed by atoms with Crippen LogP contribution in [-0.2, 0) is 15.1 Å². The molecule has 118 valence electrons. The molecule has 0 spiro atoms. The van der Waals surface area contributed by atoms with Crippen molar-refractivity contribution in [3.63, 3.8) is 0 Å². The molecule has 5 nitrogen and oxygen atoms in total. The first-order valence-electron chi connectivity index (χ1n) is 7.48. The molecule has 0 aliphatic carbocycles. The van der Waals surface area contributed by atoms with Crippen molar-refractivity contribution in [3.8, 4) is 0 Å². The second-order valence-corrected chi connectivity index (χ2v) is 6.67. The van der Waals surface area contributed by atoms with E-state index in [0.717, 1.165) is 40.3 Å². The summed E-state index contributed by atoms with van der Waals surface area (Å²) in [5, 5.41) is 3.35. The highest BCUT2D eigenvalue weighted by atomic mass is 127. The van der Waals surface area contributed by atoms with E-state index in [1.807, 2.05) is 0 Å². The SMILES string of the molecule is CCNc1nc(C2(OC)CCOCC2)nc(C(C)C)c1I. The van der Waals surface area contributed by atoms with E-state index in [0.29, 0.717) is 19.1 Å². The van der Waals surface area contributed by atoms with Crippen molar-refractivity contribution in [2.45, 2.75) is 45.1 Å². The van der Waals surface area contributed by atoms with Gasteiger partial charge >= 0.3 is 0 Å². The molecule has 1 saturated heterocycles. The average Bonchev–Trinajstić information content (AvgIpc) is 2.49. The third-order valence-corrected chi connectivity index (χ3v) is 4.93. The van der Waals surface area contributed by atoms with Crippen molar-refractivity contribution in [2.75, 3.05) is 32.2 Å². The van der Waals surface area contributed by atoms with Gasteiger partial charge in [0.05, 0.1) is 9.26 Å². The van der Waals surface area contributed by atoms with Crippen LogP contribution in [-0.4, -0.2) is 36.8 Å². The van der Waals surface area contributed by atoms with Gasteiger partial charge in [-0.2, -0.15) is 0 Å². The Morgan fingerprint density at radius 1 is 1.33 bits per heavy atom. The molecule has 1 aromatic heterocycles.